The minimum absolute atomic E-state index is 0.0314. The van der Waals surface area contributed by atoms with Crippen LogP contribution in [0.2, 0.25) is 0 Å². The Labute approximate surface area is 281 Å². The average molecular weight is 829 g/mol. The molecule has 214 valence electrons. The highest BCUT2D eigenvalue weighted by atomic mass is 127. The molecule has 0 N–H and O–H groups in total. The number of thiazole rings is 1. The lowest BCUT2D eigenvalue weighted by Gasteiger charge is -2.30. The van der Waals surface area contributed by atoms with E-state index in [0.29, 0.717) is 11.1 Å². The molecule has 2 aliphatic rings. The van der Waals surface area contributed by atoms with Crippen LogP contribution in [0.5, 0.6) is 5.75 Å². The van der Waals surface area contributed by atoms with Crippen molar-refractivity contribution < 1.29 is 9.66 Å². The number of hydrogen-bond donors (Lipinski definition) is 0. The summed E-state index contributed by atoms with van der Waals surface area (Å²) in [5.41, 5.74) is 6.44. The first kappa shape index (κ1) is 28.6. The van der Waals surface area contributed by atoms with E-state index in [9.17, 15) is 14.9 Å². The third-order valence-electron chi connectivity index (χ3n) is 7.53. The zero-order chi connectivity index (χ0) is 29.7. The Bertz CT molecular complexity index is 2090. The number of nitrogens with zero attached hydrogens (tertiary/aromatic N) is 3. The van der Waals surface area contributed by atoms with E-state index in [1.54, 1.807) is 23.5 Å². The van der Waals surface area contributed by atoms with E-state index in [0.717, 1.165) is 57.8 Å². The van der Waals surface area contributed by atoms with Gasteiger partial charge in [-0.25, -0.2) is 4.99 Å². The molecule has 2 aromatic heterocycles. The summed E-state index contributed by atoms with van der Waals surface area (Å²) < 4.78 is 10.4. The Hall–Kier alpha value is -3.14. The first-order valence-electron chi connectivity index (χ1n) is 13.4. The summed E-state index contributed by atoms with van der Waals surface area (Å²) in [7, 11) is 0. The SMILES string of the molecule is O=c1/c(=C\c2cc(I)c(OCc3ccc([N+](=O)[O-])cc3)c(I)c2)sc2n1[C@@H](c1cccs1)C1=C(N=2)c2ccccc2CC1. The summed E-state index contributed by atoms with van der Waals surface area (Å²) >= 11 is 7.60. The highest BCUT2D eigenvalue weighted by Crippen LogP contribution is 2.42. The molecule has 7 nitrogen and oxygen atoms in total. The Balaban J connectivity index is 1.25. The molecule has 0 saturated carbocycles. The van der Waals surface area contributed by atoms with Crippen LogP contribution in [0.15, 0.2) is 93.5 Å². The molecular formula is C32H21I2N3O4S2. The first-order chi connectivity index (χ1) is 20.9. The lowest BCUT2D eigenvalue weighted by atomic mass is 9.85. The lowest BCUT2D eigenvalue weighted by Crippen LogP contribution is -2.38. The van der Waals surface area contributed by atoms with Crippen LogP contribution >= 0.6 is 67.9 Å². The van der Waals surface area contributed by atoms with Gasteiger partial charge in [0.15, 0.2) is 4.80 Å². The molecule has 0 unspecified atom stereocenters. The number of ether oxygens (including phenoxy) is 1. The number of benzene rings is 3. The van der Waals surface area contributed by atoms with Gasteiger partial charge in [-0.15, -0.1) is 11.3 Å². The van der Waals surface area contributed by atoms with Crippen molar-refractivity contribution in [3.05, 3.63) is 148 Å². The summed E-state index contributed by atoms with van der Waals surface area (Å²) in [6.07, 6.45) is 3.75. The van der Waals surface area contributed by atoms with Gasteiger partial charge in [-0.1, -0.05) is 41.7 Å². The van der Waals surface area contributed by atoms with Crippen LogP contribution in [0.1, 0.15) is 39.6 Å². The maximum absolute atomic E-state index is 14.0. The molecule has 1 aliphatic heterocycles. The van der Waals surface area contributed by atoms with Crippen molar-refractivity contribution >= 4 is 85.3 Å². The van der Waals surface area contributed by atoms with Gasteiger partial charge in [0.05, 0.1) is 28.3 Å². The highest BCUT2D eigenvalue weighted by molar-refractivity contribution is 14.1. The summed E-state index contributed by atoms with van der Waals surface area (Å²) in [6.45, 7) is 0.290. The molecular weight excluding hydrogens is 808 g/mol. The van der Waals surface area contributed by atoms with Crippen LogP contribution in [0.3, 0.4) is 0 Å². The lowest BCUT2D eigenvalue weighted by molar-refractivity contribution is -0.384. The third kappa shape index (κ3) is 5.40. The third-order valence-corrected chi connectivity index (χ3v) is 11.0. The molecule has 5 aromatic rings. The fraction of sp³-hybridized carbons (Fsp3) is 0.125. The Morgan fingerprint density at radius 3 is 2.53 bits per heavy atom. The van der Waals surface area contributed by atoms with Crippen molar-refractivity contribution in [3.8, 4) is 5.75 Å². The predicted molar refractivity (Wildman–Crippen MR) is 186 cm³/mol. The number of hydrogen-bond acceptors (Lipinski definition) is 7. The Kier molecular flexibility index (Phi) is 7.82. The van der Waals surface area contributed by atoms with Crippen LogP contribution in [0, 0.1) is 17.3 Å². The van der Waals surface area contributed by atoms with Gasteiger partial charge in [0, 0.05) is 22.6 Å². The quantitative estimate of drug-likeness (QED) is 0.104. The van der Waals surface area contributed by atoms with Crippen molar-refractivity contribution in [3.63, 3.8) is 0 Å². The molecule has 7 rings (SSSR count). The highest BCUT2D eigenvalue weighted by Gasteiger charge is 2.33. The standard InChI is InChI=1S/C32H21I2N3O4S2/c33-24-14-19(15-25(34)30(24)41-17-18-7-10-21(11-8-18)37(39)40)16-27-31(38)36-29(26-6-3-13-42-26)23-12-9-20-4-1-2-5-22(20)28(23)35-32(36)43-27/h1-8,10-11,13-16,29H,9,12,17H2/b27-16+/t29-/m1/s1. The van der Waals surface area contributed by atoms with Gasteiger partial charge in [0.25, 0.3) is 11.2 Å². The Morgan fingerprint density at radius 1 is 1.05 bits per heavy atom. The molecule has 0 amide bonds. The van der Waals surface area contributed by atoms with E-state index in [1.165, 1.54) is 34.6 Å². The van der Waals surface area contributed by atoms with Gasteiger partial charge in [0.2, 0.25) is 0 Å². The van der Waals surface area contributed by atoms with E-state index in [-0.39, 0.29) is 17.3 Å². The fourth-order valence-electron chi connectivity index (χ4n) is 5.54. The average Bonchev–Trinajstić information content (AvgIpc) is 3.64. The van der Waals surface area contributed by atoms with Gasteiger partial charge in [-0.3, -0.25) is 19.5 Å². The molecule has 11 heteroatoms. The van der Waals surface area contributed by atoms with Gasteiger partial charge in [0.1, 0.15) is 12.4 Å². The second-order valence-corrected chi connectivity index (χ2v) is 14.5. The Morgan fingerprint density at radius 2 is 1.81 bits per heavy atom. The second-order valence-electron chi connectivity index (χ2n) is 10.2. The predicted octanol–water partition coefficient (Wildman–Crippen LogP) is 7.08. The van der Waals surface area contributed by atoms with Crippen LogP contribution in [0.4, 0.5) is 5.69 Å². The number of rotatable bonds is 6. The van der Waals surface area contributed by atoms with E-state index in [1.807, 2.05) is 28.8 Å². The zero-order valence-corrected chi connectivity index (χ0v) is 28.3. The van der Waals surface area contributed by atoms with Crippen molar-refractivity contribution in [2.75, 3.05) is 0 Å². The molecule has 3 heterocycles. The molecule has 0 saturated heterocycles. The molecule has 0 radical (unpaired) electrons. The number of non-ortho nitro benzene ring substituents is 1. The van der Waals surface area contributed by atoms with Crippen LogP contribution < -0.4 is 19.6 Å². The van der Waals surface area contributed by atoms with Crippen molar-refractivity contribution in [1.82, 2.24) is 4.57 Å². The number of nitro benzene ring substituents is 1. The van der Waals surface area contributed by atoms with Gasteiger partial charge in [-0.05, 0) is 122 Å². The zero-order valence-electron chi connectivity index (χ0n) is 22.3. The molecule has 3 aromatic carbocycles. The fourth-order valence-corrected chi connectivity index (χ4v) is 9.52. The summed E-state index contributed by atoms with van der Waals surface area (Å²) in [6, 6.07) is 22.8. The number of halogens is 2. The van der Waals surface area contributed by atoms with E-state index < -0.39 is 4.92 Å². The number of nitro groups is 1. The summed E-state index contributed by atoms with van der Waals surface area (Å²) in [4.78, 5) is 31.5. The normalized spacial score (nSPS) is 15.9. The molecule has 1 aliphatic carbocycles. The number of aromatic nitrogens is 1. The molecule has 0 fully saturated rings. The summed E-state index contributed by atoms with van der Waals surface area (Å²) in [5.74, 6) is 0.738. The van der Waals surface area contributed by atoms with Gasteiger partial charge in [-0.2, -0.15) is 0 Å². The van der Waals surface area contributed by atoms with Crippen LogP contribution in [-0.2, 0) is 13.0 Å². The largest absolute Gasteiger partial charge is 0.487 e. The minimum atomic E-state index is -0.415. The maximum Gasteiger partial charge on any atom is 0.271 e. The number of thiophene rings is 1. The minimum Gasteiger partial charge on any atom is -0.487 e. The number of allylic oxidation sites excluding steroid dienone is 1. The topological polar surface area (TPSA) is 86.7 Å². The van der Waals surface area contributed by atoms with E-state index in [4.69, 9.17) is 9.73 Å². The monoisotopic (exact) mass is 829 g/mol. The number of fused-ring (bicyclic) bond motifs is 3. The first-order valence-corrected chi connectivity index (χ1v) is 17.2. The smallest absolute Gasteiger partial charge is 0.271 e. The van der Waals surface area contributed by atoms with E-state index >= 15 is 0 Å². The van der Waals surface area contributed by atoms with Gasteiger partial charge < -0.3 is 4.74 Å². The molecule has 43 heavy (non-hydrogen) atoms. The molecule has 1 atom stereocenters. The van der Waals surface area contributed by atoms with Crippen LogP contribution in [-0.4, -0.2) is 9.49 Å². The number of aryl methyl sites for hydroxylation is 1. The van der Waals surface area contributed by atoms with Gasteiger partial charge >= 0.3 is 0 Å². The molecule has 0 bridgehead atoms. The van der Waals surface area contributed by atoms with Crippen molar-refractivity contribution in [2.45, 2.75) is 25.5 Å². The van der Waals surface area contributed by atoms with Crippen molar-refractivity contribution in [1.29, 1.82) is 0 Å². The maximum atomic E-state index is 14.0. The van der Waals surface area contributed by atoms with Crippen LogP contribution in [0.25, 0.3) is 11.8 Å². The van der Waals surface area contributed by atoms with E-state index in [2.05, 4.69) is 80.9 Å². The summed E-state index contributed by atoms with van der Waals surface area (Å²) in [5, 5.41) is 13.0. The molecule has 0 spiro atoms. The van der Waals surface area contributed by atoms with Crippen molar-refractivity contribution in [2.24, 2.45) is 4.99 Å². The second kappa shape index (κ2) is 11.7.